The molecule has 0 atom stereocenters. The van der Waals surface area contributed by atoms with Crippen molar-refractivity contribution < 1.29 is 9.59 Å². The Morgan fingerprint density at radius 2 is 1.39 bits per heavy atom. The lowest BCUT2D eigenvalue weighted by atomic mass is 10.1. The Kier molecular flexibility index (Phi) is 5.29. The van der Waals surface area contributed by atoms with Crippen molar-refractivity contribution in [1.82, 2.24) is 4.90 Å². The standard InChI is InChI=1S/C12H18N4O2/c13-5-9-1-3-10(4-2-9)6-16(7-11(14)17)8-12(15)18/h1-4H,5-8,13H2,(H2,14,17)(H2,15,18). The van der Waals surface area contributed by atoms with Gasteiger partial charge in [-0.15, -0.1) is 0 Å². The van der Waals surface area contributed by atoms with Gasteiger partial charge in [0.05, 0.1) is 13.1 Å². The summed E-state index contributed by atoms with van der Waals surface area (Å²) in [4.78, 5) is 23.4. The van der Waals surface area contributed by atoms with Crippen molar-refractivity contribution in [3.05, 3.63) is 35.4 Å². The van der Waals surface area contributed by atoms with E-state index in [0.717, 1.165) is 11.1 Å². The molecular weight excluding hydrogens is 232 g/mol. The van der Waals surface area contributed by atoms with E-state index in [4.69, 9.17) is 17.2 Å². The van der Waals surface area contributed by atoms with Crippen molar-refractivity contribution in [2.75, 3.05) is 13.1 Å². The Bertz CT molecular complexity index is 401. The van der Waals surface area contributed by atoms with E-state index in [1.165, 1.54) is 0 Å². The molecule has 6 nitrogen and oxygen atoms in total. The predicted molar refractivity (Wildman–Crippen MR) is 68.0 cm³/mol. The van der Waals surface area contributed by atoms with Crippen LogP contribution in [0, 0.1) is 0 Å². The maximum Gasteiger partial charge on any atom is 0.231 e. The summed E-state index contributed by atoms with van der Waals surface area (Å²) in [6.45, 7) is 0.923. The topological polar surface area (TPSA) is 115 Å². The zero-order valence-corrected chi connectivity index (χ0v) is 10.1. The molecule has 98 valence electrons. The second kappa shape index (κ2) is 6.73. The van der Waals surface area contributed by atoms with Crippen LogP contribution in [0.25, 0.3) is 0 Å². The molecule has 0 aliphatic heterocycles. The maximum absolute atomic E-state index is 10.9. The van der Waals surface area contributed by atoms with Crippen LogP contribution in [0.4, 0.5) is 0 Å². The second-order valence-electron chi connectivity index (χ2n) is 4.10. The third-order valence-corrected chi connectivity index (χ3v) is 2.42. The minimum Gasteiger partial charge on any atom is -0.369 e. The van der Waals surface area contributed by atoms with Gasteiger partial charge in [0.15, 0.2) is 0 Å². The fraction of sp³-hybridized carbons (Fsp3) is 0.333. The molecule has 0 aromatic heterocycles. The largest absolute Gasteiger partial charge is 0.369 e. The Labute approximate surface area is 106 Å². The summed E-state index contributed by atoms with van der Waals surface area (Å²) >= 11 is 0. The summed E-state index contributed by atoms with van der Waals surface area (Å²) in [5.74, 6) is -0.982. The molecule has 0 bridgehead atoms. The van der Waals surface area contributed by atoms with Gasteiger partial charge in [-0.25, -0.2) is 0 Å². The summed E-state index contributed by atoms with van der Waals surface area (Å²) in [7, 11) is 0. The van der Waals surface area contributed by atoms with Crippen molar-refractivity contribution in [3.8, 4) is 0 Å². The molecule has 0 aliphatic carbocycles. The van der Waals surface area contributed by atoms with Crippen LogP contribution in [0.15, 0.2) is 24.3 Å². The number of rotatable bonds is 7. The minimum absolute atomic E-state index is 0.00157. The Balaban J connectivity index is 2.68. The first-order valence-electron chi connectivity index (χ1n) is 5.58. The van der Waals surface area contributed by atoms with E-state index < -0.39 is 11.8 Å². The van der Waals surface area contributed by atoms with Gasteiger partial charge < -0.3 is 17.2 Å². The lowest BCUT2D eigenvalue weighted by molar-refractivity contribution is -0.122. The smallest absolute Gasteiger partial charge is 0.231 e. The summed E-state index contributed by atoms with van der Waals surface area (Å²) in [6.07, 6.45) is 0. The van der Waals surface area contributed by atoms with E-state index in [-0.39, 0.29) is 13.1 Å². The third kappa shape index (κ3) is 4.94. The molecule has 18 heavy (non-hydrogen) atoms. The Morgan fingerprint density at radius 1 is 0.944 bits per heavy atom. The van der Waals surface area contributed by atoms with Gasteiger partial charge in [-0.2, -0.15) is 0 Å². The molecular formula is C12H18N4O2. The maximum atomic E-state index is 10.9. The average Bonchev–Trinajstić information content (AvgIpc) is 2.28. The summed E-state index contributed by atoms with van der Waals surface area (Å²) < 4.78 is 0. The first-order valence-corrected chi connectivity index (χ1v) is 5.58. The highest BCUT2D eigenvalue weighted by Gasteiger charge is 2.11. The fourth-order valence-corrected chi connectivity index (χ4v) is 1.65. The van der Waals surface area contributed by atoms with E-state index in [9.17, 15) is 9.59 Å². The number of hydrogen-bond donors (Lipinski definition) is 3. The van der Waals surface area contributed by atoms with Gasteiger partial charge in [0.25, 0.3) is 0 Å². The van der Waals surface area contributed by atoms with Crippen LogP contribution in [0.1, 0.15) is 11.1 Å². The number of nitrogens with zero attached hydrogens (tertiary/aromatic N) is 1. The molecule has 6 N–H and O–H groups in total. The molecule has 0 fully saturated rings. The lowest BCUT2D eigenvalue weighted by Crippen LogP contribution is -2.39. The highest BCUT2D eigenvalue weighted by Crippen LogP contribution is 2.07. The molecule has 2 amide bonds. The van der Waals surface area contributed by atoms with Crippen molar-refractivity contribution in [2.24, 2.45) is 17.2 Å². The molecule has 1 aromatic carbocycles. The number of hydrogen-bond acceptors (Lipinski definition) is 4. The zero-order valence-electron chi connectivity index (χ0n) is 10.1. The quantitative estimate of drug-likeness (QED) is 0.570. The summed E-state index contributed by atoms with van der Waals surface area (Å²) in [5.41, 5.74) is 17.7. The van der Waals surface area contributed by atoms with Gasteiger partial charge in [-0.3, -0.25) is 14.5 Å². The number of amides is 2. The first kappa shape index (κ1) is 14.1. The number of carbonyl (C=O) groups excluding carboxylic acids is 2. The summed E-state index contributed by atoms with van der Waals surface area (Å²) in [5, 5.41) is 0. The van der Waals surface area contributed by atoms with Crippen molar-refractivity contribution in [3.63, 3.8) is 0 Å². The minimum atomic E-state index is -0.491. The normalized spacial score (nSPS) is 10.6. The van der Waals surface area contributed by atoms with Crippen LogP contribution in [-0.2, 0) is 22.7 Å². The highest BCUT2D eigenvalue weighted by molar-refractivity contribution is 5.79. The second-order valence-corrected chi connectivity index (χ2v) is 4.10. The molecule has 0 radical (unpaired) electrons. The zero-order chi connectivity index (χ0) is 13.5. The molecule has 1 aromatic rings. The highest BCUT2D eigenvalue weighted by atomic mass is 16.2. The van der Waals surface area contributed by atoms with Crippen LogP contribution < -0.4 is 17.2 Å². The van der Waals surface area contributed by atoms with Crippen LogP contribution in [0.5, 0.6) is 0 Å². The monoisotopic (exact) mass is 250 g/mol. The number of carbonyl (C=O) groups is 2. The van der Waals surface area contributed by atoms with Crippen LogP contribution in [-0.4, -0.2) is 29.8 Å². The van der Waals surface area contributed by atoms with E-state index >= 15 is 0 Å². The number of primary amides is 2. The lowest BCUT2D eigenvalue weighted by Gasteiger charge is -2.19. The van der Waals surface area contributed by atoms with Crippen molar-refractivity contribution in [1.29, 1.82) is 0 Å². The van der Waals surface area contributed by atoms with E-state index in [0.29, 0.717) is 13.1 Å². The Morgan fingerprint density at radius 3 is 1.78 bits per heavy atom. The van der Waals surface area contributed by atoms with Crippen molar-refractivity contribution >= 4 is 11.8 Å². The van der Waals surface area contributed by atoms with Gasteiger partial charge in [0.1, 0.15) is 0 Å². The first-order chi connectivity index (χ1) is 8.51. The van der Waals surface area contributed by atoms with Gasteiger partial charge in [-0.1, -0.05) is 24.3 Å². The molecule has 0 aliphatic rings. The van der Waals surface area contributed by atoms with Gasteiger partial charge in [-0.05, 0) is 11.1 Å². The summed E-state index contributed by atoms with van der Waals surface area (Å²) in [6, 6.07) is 7.61. The average molecular weight is 250 g/mol. The van der Waals surface area contributed by atoms with Crippen LogP contribution in [0.2, 0.25) is 0 Å². The van der Waals surface area contributed by atoms with E-state index in [1.807, 2.05) is 24.3 Å². The van der Waals surface area contributed by atoms with Crippen molar-refractivity contribution in [2.45, 2.75) is 13.1 Å². The number of nitrogens with two attached hydrogens (primary N) is 3. The molecule has 0 spiro atoms. The molecule has 0 unspecified atom stereocenters. The molecule has 0 heterocycles. The predicted octanol–water partition coefficient (Wildman–Crippen LogP) is -1.08. The molecule has 0 saturated heterocycles. The molecule has 0 saturated carbocycles. The van der Waals surface area contributed by atoms with Gasteiger partial charge >= 0.3 is 0 Å². The third-order valence-electron chi connectivity index (χ3n) is 2.42. The van der Waals surface area contributed by atoms with Crippen LogP contribution in [0.3, 0.4) is 0 Å². The van der Waals surface area contributed by atoms with E-state index in [2.05, 4.69) is 0 Å². The van der Waals surface area contributed by atoms with E-state index in [1.54, 1.807) is 4.90 Å². The number of benzene rings is 1. The molecule has 1 rings (SSSR count). The van der Waals surface area contributed by atoms with Gasteiger partial charge in [0, 0.05) is 13.1 Å². The fourth-order valence-electron chi connectivity index (χ4n) is 1.65. The molecule has 6 heteroatoms. The Hall–Kier alpha value is -1.92. The SMILES string of the molecule is NCc1ccc(CN(CC(N)=O)CC(N)=O)cc1. The van der Waals surface area contributed by atoms with Gasteiger partial charge in [0.2, 0.25) is 11.8 Å². The van der Waals surface area contributed by atoms with Crippen LogP contribution >= 0.6 is 0 Å².